The number of sulfonamides is 1. The van der Waals surface area contributed by atoms with Crippen LogP contribution in [-0.2, 0) is 19.6 Å². The lowest BCUT2D eigenvalue weighted by molar-refractivity contribution is -0.122. The Morgan fingerprint density at radius 3 is 2.17 bits per heavy atom. The van der Waals surface area contributed by atoms with Crippen molar-refractivity contribution in [3.63, 3.8) is 0 Å². The van der Waals surface area contributed by atoms with Gasteiger partial charge >= 0.3 is 0 Å². The molecule has 1 unspecified atom stereocenters. The molecule has 0 saturated carbocycles. The summed E-state index contributed by atoms with van der Waals surface area (Å²) >= 11 is 0. The number of nitrogens with zero attached hydrogens (tertiary/aromatic N) is 2. The lowest BCUT2D eigenvalue weighted by Crippen LogP contribution is -2.55. The number of rotatable bonds is 6. The van der Waals surface area contributed by atoms with Crippen molar-refractivity contribution in [2.75, 3.05) is 4.90 Å². The highest BCUT2D eigenvalue weighted by Crippen LogP contribution is 2.35. The van der Waals surface area contributed by atoms with Gasteiger partial charge in [-0.15, -0.1) is 0 Å². The van der Waals surface area contributed by atoms with Crippen molar-refractivity contribution in [3.8, 4) is 0 Å². The first-order valence-electron chi connectivity index (χ1n) is 9.72. The molecule has 1 fully saturated rings. The average Bonchev–Trinajstić information content (AvgIpc) is 2.96. The molecule has 8 heteroatoms. The second kappa shape index (κ2) is 7.92. The van der Waals surface area contributed by atoms with Crippen LogP contribution in [-0.4, -0.2) is 36.1 Å². The molecular weight excluding hydrogens is 407 g/mol. The Balaban J connectivity index is 2.07. The Labute approximate surface area is 176 Å². The maximum absolute atomic E-state index is 13.6. The number of aryl methyl sites for hydroxylation is 1. The van der Waals surface area contributed by atoms with E-state index in [0.29, 0.717) is 6.42 Å². The molecule has 3 rings (SSSR count). The van der Waals surface area contributed by atoms with Crippen LogP contribution in [0.3, 0.4) is 0 Å². The minimum absolute atomic E-state index is 0.0649. The van der Waals surface area contributed by atoms with E-state index in [1.807, 2.05) is 13.8 Å². The van der Waals surface area contributed by atoms with Gasteiger partial charge in [0.2, 0.25) is 15.9 Å². The van der Waals surface area contributed by atoms with Crippen molar-refractivity contribution in [1.82, 2.24) is 4.31 Å². The van der Waals surface area contributed by atoms with Crippen LogP contribution in [0.2, 0.25) is 0 Å². The summed E-state index contributed by atoms with van der Waals surface area (Å²) in [6, 6.07) is 10.2. The Hall–Kier alpha value is -2.58. The molecule has 1 saturated heterocycles. The van der Waals surface area contributed by atoms with Crippen LogP contribution in [0.1, 0.15) is 39.2 Å². The van der Waals surface area contributed by atoms with Gasteiger partial charge in [-0.25, -0.2) is 17.7 Å². The molecule has 1 atom stereocenters. The molecule has 1 aliphatic rings. The zero-order chi connectivity index (χ0) is 22.3. The first-order valence-corrected chi connectivity index (χ1v) is 11.2. The third kappa shape index (κ3) is 3.89. The van der Waals surface area contributed by atoms with E-state index in [0.717, 1.165) is 26.9 Å². The fourth-order valence-corrected chi connectivity index (χ4v) is 5.54. The van der Waals surface area contributed by atoms with Crippen LogP contribution in [0, 0.1) is 12.7 Å². The minimum atomic E-state index is -4.07. The molecule has 1 aliphatic heterocycles. The first kappa shape index (κ1) is 22.1. The molecule has 0 aliphatic carbocycles. The zero-order valence-electron chi connectivity index (χ0n) is 17.4. The molecule has 6 nitrogen and oxygen atoms in total. The number of carbonyl (C=O) groups excluding carboxylic acids is 2. The number of imide groups is 1. The minimum Gasteiger partial charge on any atom is -0.274 e. The molecule has 30 heavy (non-hydrogen) atoms. The van der Waals surface area contributed by atoms with Crippen LogP contribution >= 0.6 is 0 Å². The number of amides is 2. The maximum Gasteiger partial charge on any atom is 0.252 e. The lowest BCUT2D eigenvalue weighted by Gasteiger charge is -2.39. The fraction of sp³-hybridized carbons (Fsp3) is 0.364. The lowest BCUT2D eigenvalue weighted by atomic mass is 10.00. The monoisotopic (exact) mass is 432 g/mol. The fourth-order valence-electron chi connectivity index (χ4n) is 3.55. The topological polar surface area (TPSA) is 74.8 Å². The van der Waals surface area contributed by atoms with E-state index in [4.69, 9.17) is 0 Å². The zero-order valence-corrected chi connectivity index (χ0v) is 18.2. The summed E-state index contributed by atoms with van der Waals surface area (Å²) in [5.74, 6) is -1.65. The highest BCUT2D eigenvalue weighted by atomic mass is 32.2. The Morgan fingerprint density at radius 1 is 1.07 bits per heavy atom. The molecule has 0 N–H and O–H groups in total. The van der Waals surface area contributed by atoms with Gasteiger partial charge in [-0.1, -0.05) is 24.6 Å². The van der Waals surface area contributed by atoms with Gasteiger partial charge in [0.05, 0.1) is 17.0 Å². The van der Waals surface area contributed by atoms with Gasteiger partial charge < -0.3 is 0 Å². The van der Waals surface area contributed by atoms with Crippen molar-refractivity contribution >= 4 is 27.5 Å². The number of benzene rings is 2. The highest BCUT2D eigenvalue weighted by Gasteiger charge is 2.51. The predicted molar refractivity (Wildman–Crippen MR) is 112 cm³/mol. The van der Waals surface area contributed by atoms with Crippen molar-refractivity contribution in [3.05, 3.63) is 59.9 Å². The van der Waals surface area contributed by atoms with E-state index in [-0.39, 0.29) is 17.0 Å². The van der Waals surface area contributed by atoms with Crippen LogP contribution in [0.25, 0.3) is 0 Å². The molecule has 0 spiro atoms. The number of anilines is 1. The number of carbonyl (C=O) groups is 2. The summed E-state index contributed by atoms with van der Waals surface area (Å²) in [4.78, 5) is 26.9. The van der Waals surface area contributed by atoms with Crippen LogP contribution in [0.4, 0.5) is 10.1 Å². The van der Waals surface area contributed by atoms with E-state index >= 15 is 0 Å². The summed E-state index contributed by atoms with van der Waals surface area (Å²) in [5, 5.41) is 0. The molecule has 0 radical (unpaired) electrons. The van der Waals surface area contributed by atoms with Gasteiger partial charge in [0.25, 0.3) is 5.91 Å². The van der Waals surface area contributed by atoms with E-state index in [1.165, 1.54) is 24.3 Å². The molecule has 2 aromatic carbocycles. The number of hydrogen-bond donors (Lipinski definition) is 0. The van der Waals surface area contributed by atoms with E-state index in [2.05, 4.69) is 0 Å². The smallest absolute Gasteiger partial charge is 0.252 e. The number of halogens is 1. The molecule has 0 aromatic heterocycles. The van der Waals surface area contributed by atoms with Gasteiger partial charge in [0, 0.05) is 5.54 Å². The average molecular weight is 433 g/mol. The second-order valence-corrected chi connectivity index (χ2v) is 9.86. The molecule has 160 valence electrons. The summed E-state index contributed by atoms with van der Waals surface area (Å²) in [5.41, 5.74) is 0.212. The summed E-state index contributed by atoms with van der Waals surface area (Å²) < 4.78 is 41.6. The Morgan fingerprint density at radius 2 is 1.63 bits per heavy atom. The van der Waals surface area contributed by atoms with Crippen molar-refractivity contribution in [1.29, 1.82) is 0 Å². The van der Waals surface area contributed by atoms with E-state index < -0.39 is 39.2 Å². The molecule has 1 heterocycles. The van der Waals surface area contributed by atoms with Crippen molar-refractivity contribution in [2.45, 2.75) is 57.0 Å². The Bertz CT molecular complexity index is 1060. The van der Waals surface area contributed by atoms with E-state index in [9.17, 15) is 22.4 Å². The summed E-state index contributed by atoms with van der Waals surface area (Å²) in [7, 11) is -4.07. The molecule has 2 aromatic rings. The third-order valence-corrected chi connectivity index (χ3v) is 7.66. The van der Waals surface area contributed by atoms with Crippen LogP contribution < -0.4 is 4.90 Å². The number of hydrogen-bond acceptors (Lipinski definition) is 4. The highest BCUT2D eigenvalue weighted by molar-refractivity contribution is 7.89. The second-order valence-electron chi connectivity index (χ2n) is 8.04. The van der Waals surface area contributed by atoms with Gasteiger partial charge in [-0.05, 0) is 63.6 Å². The Kier molecular flexibility index (Phi) is 5.84. The van der Waals surface area contributed by atoms with E-state index in [1.54, 1.807) is 26.0 Å². The predicted octanol–water partition coefficient (Wildman–Crippen LogP) is 3.65. The summed E-state index contributed by atoms with van der Waals surface area (Å²) in [6.45, 7) is 7.15. The quantitative estimate of drug-likeness (QED) is 0.653. The van der Waals surface area contributed by atoms with Gasteiger partial charge in [-0.2, -0.15) is 4.31 Å². The molecule has 2 amide bonds. The largest absolute Gasteiger partial charge is 0.274 e. The van der Waals surface area contributed by atoms with Crippen LogP contribution in [0.5, 0.6) is 0 Å². The standard InChI is InChI=1S/C22H25FN2O4S/c1-5-22(3,4)25(30(28,29)18-12-6-15(2)7-13-18)19-14-20(26)24(21(19)27)17-10-8-16(23)9-11-17/h6-13,19H,5,14H2,1-4H3. The van der Waals surface area contributed by atoms with Crippen molar-refractivity contribution in [2.24, 2.45) is 0 Å². The maximum atomic E-state index is 13.6. The van der Waals surface area contributed by atoms with Gasteiger partial charge in [-0.3, -0.25) is 9.59 Å². The van der Waals surface area contributed by atoms with Crippen LogP contribution in [0.15, 0.2) is 53.4 Å². The summed E-state index contributed by atoms with van der Waals surface area (Å²) in [6.07, 6.45) is 0.164. The first-order chi connectivity index (χ1) is 14.0. The SMILES string of the molecule is CCC(C)(C)N(C1CC(=O)N(c2ccc(F)cc2)C1=O)S(=O)(=O)c1ccc(C)cc1. The van der Waals surface area contributed by atoms with Crippen molar-refractivity contribution < 1.29 is 22.4 Å². The normalized spacial score (nSPS) is 17.8. The van der Waals surface area contributed by atoms with Gasteiger partial charge in [0.1, 0.15) is 11.9 Å². The molecular formula is C22H25FN2O4S. The molecule has 0 bridgehead atoms. The van der Waals surface area contributed by atoms with Gasteiger partial charge in [0.15, 0.2) is 0 Å². The third-order valence-electron chi connectivity index (χ3n) is 5.53.